The number of ether oxygens (including phenoxy) is 2. The molecule has 2 rings (SSSR count). The first-order valence-electron chi connectivity index (χ1n) is 7.00. The minimum Gasteiger partial charge on any atom is -0.497 e. The quantitative estimate of drug-likeness (QED) is 0.738. The third-order valence-electron chi connectivity index (χ3n) is 3.18. The summed E-state index contributed by atoms with van der Waals surface area (Å²) in [5, 5.41) is 0. The van der Waals surface area contributed by atoms with Crippen LogP contribution in [0, 0.1) is 0 Å². The van der Waals surface area contributed by atoms with E-state index in [4.69, 9.17) is 9.47 Å². The summed E-state index contributed by atoms with van der Waals surface area (Å²) in [5.41, 5.74) is 1.82. The van der Waals surface area contributed by atoms with Crippen LogP contribution in [0.3, 0.4) is 0 Å². The topological polar surface area (TPSA) is 47.9 Å². The molecule has 0 aliphatic rings. The second-order valence-electron chi connectivity index (χ2n) is 4.78. The van der Waals surface area contributed by atoms with Crippen molar-refractivity contribution in [3.05, 3.63) is 59.7 Å². The normalized spacial score (nSPS) is 10.6. The summed E-state index contributed by atoms with van der Waals surface area (Å²) in [6.45, 7) is 0.157. The maximum Gasteiger partial charge on any atom is 0.158 e. The Morgan fingerprint density at radius 3 is 2.55 bits per heavy atom. The molecule has 4 nitrogen and oxygen atoms in total. The molecule has 0 saturated heterocycles. The molecule has 2 aromatic rings. The molecule has 0 aliphatic carbocycles. The third kappa shape index (κ3) is 4.45. The zero-order valence-corrected chi connectivity index (χ0v) is 12.8. The van der Waals surface area contributed by atoms with Gasteiger partial charge in [-0.1, -0.05) is 30.3 Å². The summed E-state index contributed by atoms with van der Waals surface area (Å²) in [6, 6.07) is 15.1. The molecule has 0 atom stereocenters. The Morgan fingerprint density at radius 1 is 1.09 bits per heavy atom. The van der Waals surface area contributed by atoms with Crippen molar-refractivity contribution in [1.29, 1.82) is 0 Å². The molecule has 2 aromatic carbocycles. The number of Topliss-reactive ketones (excluding diaryl/α,β-unsaturated/α-hetero) is 1. The molecule has 0 heterocycles. The summed E-state index contributed by atoms with van der Waals surface area (Å²) in [7, 11) is 3.19. The Labute approximate surface area is 130 Å². The molecule has 0 radical (unpaired) electrons. The van der Waals surface area contributed by atoms with E-state index in [1.54, 1.807) is 26.5 Å². The number of benzene rings is 2. The van der Waals surface area contributed by atoms with Crippen LogP contribution in [0.4, 0.5) is 0 Å². The third-order valence-corrected chi connectivity index (χ3v) is 3.18. The van der Waals surface area contributed by atoms with Crippen LogP contribution in [-0.2, 0) is 11.2 Å². The van der Waals surface area contributed by atoms with E-state index >= 15 is 0 Å². The van der Waals surface area contributed by atoms with Crippen molar-refractivity contribution in [2.75, 3.05) is 20.8 Å². The molecule has 0 unspecified atom stereocenters. The zero-order chi connectivity index (χ0) is 15.8. The lowest BCUT2D eigenvalue weighted by atomic mass is 10.1. The molecule has 0 saturated carbocycles. The number of ketones is 1. The number of carbonyl (C=O) groups is 1. The van der Waals surface area contributed by atoms with Gasteiger partial charge in [-0.3, -0.25) is 9.79 Å². The van der Waals surface area contributed by atoms with Gasteiger partial charge in [-0.2, -0.15) is 0 Å². The monoisotopic (exact) mass is 297 g/mol. The zero-order valence-electron chi connectivity index (χ0n) is 12.8. The van der Waals surface area contributed by atoms with E-state index in [9.17, 15) is 4.79 Å². The maximum atomic E-state index is 11.9. The standard InChI is InChI=1S/C18H19NO3/c1-21-17-9-8-15(18(11-17)22-2)12-19-13-16(20)10-14-6-4-3-5-7-14/h3-9,11-12H,10,13H2,1-2H3. The van der Waals surface area contributed by atoms with E-state index in [-0.39, 0.29) is 12.3 Å². The highest BCUT2D eigenvalue weighted by molar-refractivity contribution is 5.88. The van der Waals surface area contributed by atoms with E-state index in [2.05, 4.69) is 4.99 Å². The van der Waals surface area contributed by atoms with Crippen LogP contribution in [0.5, 0.6) is 11.5 Å². The Bertz CT molecular complexity index is 651. The van der Waals surface area contributed by atoms with Crippen LogP contribution in [0.2, 0.25) is 0 Å². The predicted octanol–water partition coefficient (Wildman–Crippen LogP) is 2.93. The number of hydrogen-bond acceptors (Lipinski definition) is 4. The van der Waals surface area contributed by atoms with E-state index in [0.29, 0.717) is 17.9 Å². The van der Waals surface area contributed by atoms with Crippen LogP contribution in [0.1, 0.15) is 11.1 Å². The fourth-order valence-corrected chi connectivity index (χ4v) is 2.05. The number of aliphatic imine (C=N–C) groups is 1. The molecule has 114 valence electrons. The largest absolute Gasteiger partial charge is 0.497 e. The molecule has 0 bridgehead atoms. The van der Waals surface area contributed by atoms with Crippen molar-refractivity contribution < 1.29 is 14.3 Å². The van der Waals surface area contributed by atoms with Crippen molar-refractivity contribution in [3.63, 3.8) is 0 Å². The Balaban J connectivity index is 1.96. The Kier molecular flexibility index (Phi) is 5.72. The van der Waals surface area contributed by atoms with Gasteiger partial charge in [0.25, 0.3) is 0 Å². The number of hydrogen-bond donors (Lipinski definition) is 0. The highest BCUT2D eigenvalue weighted by atomic mass is 16.5. The fourth-order valence-electron chi connectivity index (χ4n) is 2.05. The second kappa shape index (κ2) is 7.98. The molecule has 0 aliphatic heterocycles. The van der Waals surface area contributed by atoms with Gasteiger partial charge < -0.3 is 9.47 Å². The van der Waals surface area contributed by atoms with Crippen LogP contribution in [0.15, 0.2) is 53.5 Å². The molecule has 0 aromatic heterocycles. The van der Waals surface area contributed by atoms with Gasteiger partial charge in [0.05, 0.1) is 20.8 Å². The molecule has 0 amide bonds. The molecular weight excluding hydrogens is 278 g/mol. The van der Waals surface area contributed by atoms with Gasteiger partial charge >= 0.3 is 0 Å². The van der Waals surface area contributed by atoms with Gasteiger partial charge in [0, 0.05) is 24.3 Å². The average Bonchev–Trinajstić information content (AvgIpc) is 2.56. The minimum atomic E-state index is 0.0786. The summed E-state index contributed by atoms with van der Waals surface area (Å²) in [6.07, 6.45) is 2.05. The van der Waals surface area contributed by atoms with Crippen LogP contribution in [0.25, 0.3) is 0 Å². The first-order valence-corrected chi connectivity index (χ1v) is 7.00. The molecule has 0 spiro atoms. The van der Waals surface area contributed by atoms with Crippen molar-refractivity contribution in [2.24, 2.45) is 4.99 Å². The first kappa shape index (κ1) is 15.8. The highest BCUT2D eigenvalue weighted by Crippen LogP contribution is 2.23. The van der Waals surface area contributed by atoms with Crippen LogP contribution < -0.4 is 9.47 Å². The molecule has 4 heteroatoms. The lowest BCUT2D eigenvalue weighted by Crippen LogP contribution is -2.06. The SMILES string of the molecule is COc1ccc(C=NCC(=O)Cc2ccccc2)c(OC)c1. The van der Waals surface area contributed by atoms with Crippen molar-refractivity contribution >= 4 is 12.0 Å². The van der Waals surface area contributed by atoms with Gasteiger partial charge in [0.1, 0.15) is 11.5 Å². The van der Waals surface area contributed by atoms with Gasteiger partial charge in [-0.15, -0.1) is 0 Å². The van der Waals surface area contributed by atoms with Crippen LogP contribution in [-0.4, -0.2) is 32.8 Å². The number of rotatable bonds is 7. The summed E-state index contributed by atoms with van der Waals surface area (Å²) in [5.74, 6) is 1.46. The van der Waals surface area contributed by atoms with E-state index < -0.39 is 0 Å². The maximum absolute atomic E-state index is 11.9. The van der Waals surface area contributed by atoms with Crippen molar-refractivity contribution in [1.82, 2.24) is 0 Å². The van der Waals surface area contributed by atoms with E-state index in [0.717, 1.165) is 11.1 Å². The lowest BCUT2D eigenvalue weighted by Gasteiger charge is -2.06. The van der Waals surface area contributed by atoms with Gasteiger partial charge in [-0.25, -0.2) is 0 Å². The van der Waals surface area contributed by atoms with Crippen molar-refractivity contribution in [2.45, 2.75) is 6.42 Å². The Morgan fingerprint density at radius 2 is 1.86 bits per heavy atom. The van der Waals surface area contributed by atoms with Gasteiger partial charge in [-0.05, 0) is 17.7 Å². The summed E-state index contributed by atoms with van der Waals surface area (Å²) >= 11 is 0. The number of methoxy groups -OCH3 is 2. The van der Waals surface area contributed by atoms with Crippen LogP contribution >= 0.6 is 0 Å². The lowest BCUT2D eigenvalue weighted by molar-refractivity contribution is -0.117. The van der Waals surface area contributed by atoms with Gasteiger partial charge in [0.2, 0.25) is 0 Å². The summed E-state index contributed by atoms with van der Waals surface area (Å²) in [4.78, 5) is 16.1. The second-order valence-corrected chi connectivity index (χ2v) is 4.78. The van der Waals surface area contributed by atoms with E-state index in [1.807, 2.05) is 42.5 Å². The molecule has 0 fully saturated rings. The minimum absolute atomic E-state index is 0.0786. The molecule has 0 N–H and O–H groups in total. The predicted molar refractivity (Wildman–Crippen MR) is 87.2 cm³/mol. The highest BCUT2D eigenvalue weighted by Gasteiger charge is 2.04. The van der Waals surface area contributed by atoms with E-state index in [1.165, 1.54) is 0 Å². The molecule has 22 heavy (non-hydrogen) atoms. The number of carbonyl (C=O) groups excluding carboxylic acids is 1. The number of nitrogens with zero attached hydrogens (tertiary/aromatic N) is 1. The molecular formula is C18H19NO3. The average molecular weight is 297 g/mol. The van der Waals surface area contributed by atoms with Gasteiger partial charge in [0.15, 0.2) is 5.78 Å². The Hall–Kier alpha value is -2.62. The summed E-state index contributed by atoms with van der Waals surface area (Å²) < 4.78 is 10.4. The first-order chi connectivity index (χ1) is 10.7. The smallest absolute Gasteiger partial charge is 0.158 e. The fraction of sp³-hybridized carbons (Fsp3) is 0.222. The van der Waals surface area contributed by atoms with Crippen molar-refractivity contribution in [3.8, 4) is 11.5 Å².